The van der Waals surface area contributed by atoms with Crippen LogP contribution in [0.15, 0.2) is 109 Å². The third-order valence-corrected chi connectivity index (χ3v) is 11.0. The summed E-state index contributed by atoms with van der Waals surface area (Å²) < 4.78 is 127. The second kappa shape index (κ2) is 13.4. The minimum Gasteiger partial charge on any atom is -0.341 e. The van der Waals surface area contributed by atoms with Gasteiger partial charge < -0.3 is 15.1 Å². The number of hydrogen-bond donors (Lipinski definition) is 1. The fourth-order valence-corrected chi connectivity index (χ4v) is 8.42. The smallest absolute Gasteiger partial charge is 0.341 e. The lowest BCUT2D eigenvalue weighted by atomic mass is 9.77. The lowest BCUT2D eigenvalue weighted by Gasteiger charge is -2.38. The largest absolute Gasteiger partial charge is 0.417 e. The predicted molar refractivity (Wildman–Crippen MR) is 189 cm³/mol. The molecule has 0 amide bonds. The first-order chi connectivity index (χ1) is 25.6. The SMILES string of the molecule is FC(F)(F)c1cc(C2CC(c3ccc(N4CCc5ccccc54)cc3)NC(c3ccc(N4CCc5ccccc54)cc3)C2)cc(C(F)(F)F)c1C(F)(F)F. The molecule has 2 atom stereocenters. The number of nitrogens with zero attached hydrogens (tertiary/aromatic N) is 2. The maximum absolute atomic E-state index is 14.2. The number of halogens is 9. The molecule has 0 aromatic heterocycles. The monoisotopic (exact) mass is 751 g/mol. The molecular weight excluding hydrogens is 717 g/mol. The highest BCUT2D eigenvalue weighted by atomic mass is 19.4. The number of alkyl halides is 9. The van der Waals surface area contributed by atoms with Gasteiger partial charge in [-0.05, 0) is 108 Å². The topological polar surface area (TPSA) is 18.5 Å². The van der Waals surface area contributed by atoms with Gasteiger partial charge in [-0.25, -0.2) is 0 Å². The van der Waals surface area contributed by atoms with E-state index in [1.807, 2.05) is 84.9 Å². The van der Waals surface area contributed by atoms with Gasteiger partial charge in [-0.1, -0.05) is 60.7 Å². The third-order valence-electron chi connectivity index (χ3n) is 11.0. The van der Waals surface area contributed by atoms with Gasteiger partial charge in [-0.3, -0.25) is 0 Å². The predicted octanol–water partition coefficient (Wildman–Crippen LogP) is 12.1. The number of para-hydroxylation sites is 2. The van der Waals surface area contributed by atoms with Gasteiger partial charge in [0.2, 0.25) is 0 Å². The maximum atomic E-state index is 14.2. The fraction of sp³-hybridized carbons (Fsp3) is 0.286. The highest BCUT2D eigenvalue weighted by molar-refractivity contribution is 5.71. The quantitative estimate of drug-likeness (QED) is 0.180. The summed E-state index contributed by atoms with van der Waals surface area (Å²) in [5, 5.41) is 3.57. The average Bonchev–Trinajstić information content (AvgIpc) is 3.78. The van der Waals surface area contributed by atoms with Crippen LogP contribution in [0.25, 0.3) is 0 Å². The molecule has 280 valence electrons. The van der Waals surface area contributed by atoms with E-state index >= 15 is 0 Å². The minimum atomic E-state index is -5.89. The van der Waals surface area contributed by atoms with Crippen molar-refractivity contribution < 1.29 is 39.5 Å². The molecule has 1 fully saturated rings. The van der Waals surface area contributed by atoms with Crippen molar-refractivity contribution >= 4 is 22.7 Å². The first-order valence-corrected chi connectivity index (χ1v) is 17.7. The molecule has 1 saturated heterocycles. The van der Waals surface area contributed by atoms with Gasteiger partial charge in [0.15, 0.2) is 0 Å². The van der Waals surface area contributed by atoms with Gasteiger partial charge in [-0.15, -0.1) is 0 Å². The number of nitrogens with one attached hydrogen (secondary N) is 1. The number of piperidine rings is 1. The van der Waals surface area contributed by atoms with E-state index in [1.54, 1.807) is 0 Å². The van der Waals surface area contributed by atoms with E-state index < -0.39 is 58.8 Å². The van der Waals surface area contributed by atoms with E-state index in [4.69, 9.17) is 0 Å². The Kier molecular flexibility index (Phi) is 8.94. The lowest BCUT2D eigenvalue weighted by Crippen LogP contribution is -2.34. The Bertz CT molecular complexity index is 2010. The molecule has 3 aliphatic heterocycles. The average molecular weight is 752 g/mol. The Morgan fingerprint density at radius 2 is 0.889 bits per heavy atom. The van der Waals surface area contributed by atoms with E-state index in [0.717, 1.165) is 59.8 Å². The molecule has 3 heterocycles. The van der Waals surface area contributed by atoms with Crippen LogP contribution in [0.1, 0.15) is 75.4 Å². The summed E-state index contributed by atoms with van der Waals surface area (Å²) in [4.78, 5) is 4.36. The zero-order valence-electron chi connectivity index (χ0n) is 28.7. The van der Waals surface area contributed by atoms with E-state index in [1.165, 1.54) is 11.1 Å². The Balaban J connectivity index is 1.16. The lowest BCUT2D eigenvalue weighted by molar-refractivity contribution is -0.174. The van der Waals surface area contributed by atoms with Crippen molar-refractivity contribution in [3.63, 3.8) is 0 Å². The molecule has 54 heavy (non-hydrogen) atoms. The van der Waals surface area contributed by atoms with Crippen molar-refractivity contribution in [1.82, 2.24) is 5.32 Å². The molecule has 3 aliphatic rings. The zero-order valence-corrected chi connectivity index (χ0v) is 28.7. The van der Waals surface area contributed by atoms with Crippen LogP contribution in [0.2, 0.25) is 0 Å². The molecule has 0 spiro atoms. The van der Waals surface area contributed by atoms with Crippen molar-refractivity contribution in [2.75, 3.05) is 22.9 Å². The minimum absolute atomic E-state index is 0.0605. The van der Waals surface area contributed by atoms with Crippen molar-refractivity contribution in [1.29, 1.82) is 0 Å². The Morgan fingerprint density at radius 3 is 1.28 bits per heavy atom. The van der Waals surface area contributed by atoms with Crippen molar-refractivity contribution in [2.45, 2.75) is 62.2 Å². The van der Waals surface area contributed by atoms with Crippen LogP contribution < -0.4 is 15.1 Å². The Morgan fingerprint density at radius 1 is 0.481 bits per heavy atom. The summed E-state index contributed by atoms with van der Waals surface area (Å²) in [5.74, 6) is -0.944. The summed E-state index contributed by atoms with van der Waals surface area (Å²) in [6, 6.07) is 30.8. The van der Waals surface area contributed by atoms with Crippen molar-refractivity contribution in [2.24, 2.45) is 0 Å². The second-order valence-electron chi connectivity index (χ2n) is 14.2. The molecular formula is C42H34F9N3. The van der Waals surface area contributed by atoms with Gasteiger partial charge in [0, 0.05) is 47.9 Å². The summed E-state index contributed by atoms with van der Waals surface area (Å²) >= 11 is 0. The molecule has 3 nitrogen and oxygen atoms in total. The van der Waals surface area contributed by atoms with Crippen LogP contribution >= 0.6 is 0 Å². The van der Waals surface area contributed by atoms with Crippen LogP contribution in [-0.4, -0.2) is 13.1 Å². The highest BCUT2D eigenvalue weighted by Crippen LogP contribution is 2.50. The van der Waals surface area contributed by atoms with Crippen LogP contribution in [0.5, 0.6) is 0 Å². The number of rotatable bonds is 5. The van der Waals surface area contributed by atoms with Gasteiger partial charge in [0.1, 0.15) is 0 Å². The van der Waals surface area contributed by atoms with Crippen molar-refractivity contribution in [3.8, 4) is 0 Å². The summed E-state index contributed by atoms with van der Waals surface area (Å²) in [6.07, 6.45) is -15.4. The van der Waals surface area contributed by atoms with Gasteiger partial charge >= 0.3 is 18.5 Å². The van der Waals surface area contributed by atoms with Gasteiger partial charge in [0.05, 0.1) is 16.7 Å². The molecule has 1 N–H and O–H groups in total. The standard InChI is InChI=1S/C42H34F9N3/c43-40(44,45)33-21-29(22-34(41(46,47)48)39(33)42(49,50)51)30-23-35(25-9-13-31(14-10-25)53-19-17-27-5-1-3-7-37(27)53)52-36(24-30)26-11-15-32(16-12-26)54-20-18-28-6-2-4-8-38(28)54/h1-16,21-22,30,35-36,52H,17-20,23-24H2. The van der Waals surface area contributed by atoms with E-state index in [9.17, 15) is 39.5 Å². The van der Waals surface area contributed by atoms with Crippen LogP contribution in [0, 0.1) is 0 Å². The molecule has 0 saturated carbocycles. The first kappa shape index (κ1) is 36.0. The molecule has 2 unspecified atom stereocenters. The highest BCUT2D eigenvalue weighted by Gasteiger charge is 2.51. The summed E-state index contributed by atoms with van der Waals surface area (Å²) in [7, 11) is 0. The second-order valence-corrected chi connectivity index (χ2v) is 14.2. The van der Waals surface area contributed by atoms with E-state index in [2.05, 4.69) is 27.2 Å². The zero-order chi connectivity index (χ0) is 38.0. The Labute approximate surface area is 306 Å². The molecule has 0 radical (unpaired) electrons. The Hall–Kier alpha value is -4.97. The fourth-order valence-electron chi connectivity index (χ4n) is 8.42. The van der Waals surface area contributed by atoms with Crippen LogP contribution in [0.4, 0.5) is 62.3 Å². The number of fused-ring (bicyclic) bond motifs is 2. The molecule has 5 aromatic rings. The molecule has 5 aromatic carbocycles. The third kappa shape index (κ3) is 6.80. The normalized spacial score (nSPS) is 20.3. The molecule has 8 rings (SSSR count). The van der Waals surface area contributed by atoms with Crippen LogP contribution in [-0.2, 0) is 31.4 Å². The molecule has 0 bridgehead atoms. The van der Waals surface area contributed by atoms with Crippen molar-refractivity contribution in [3.05, 3.63) is 154 Å². The molecule has 0 aliphatic carbocycles. The van der Waals surface area contributed by atoms with E-state index in [-0.39, 0.29) is 25.0 Å². The van der Waals surface area contributed by atoms with E-state index in [0.29, 0.717) is 0 Å². The number of hydrogen-bond acceptors (Lipinski definition) is 3. The summed E-state index contributed by atoms with van der Waals surface area (Å²) in [6.45, 7) is 1.56. The number of anilines is 4. The molecule has 12 heteroatoms. The van der Waals surface area contributed by atoms with Crippen LogP contribution in [0.3, 0.4) is 0 Å². The first-order valence-electron chi connectivity index (χ1n) is 17.7. The summed E-state index contributed by atoms with van der Waals surface area (Å²) in [5.41, 5.74) is 0.155. The van der Waals surface area contributed by atoms with Gasteiger partial charge in [0.25, 0.3) is 0 Å². The van der Waals surface area contributed by atoms with Gasteiger partial charge in [-0.2, -0.15) is 39.5 Å². The number of benzene rings is 5. The maximum Gasteiger partial charge on any atom is 0.417 e.